The lowest BCUT2D eigenvalue weighted by Gasteiger charge is -2.05. The Morgan fingerprint density at radius 2 is 2.29 bits per heavy atom. The summed E-state index contributed by atoms with van der Waals surface area (Å²) in [6.07, 6.45) is -0.327. The molecule has 0 bridgehead atoms. The van der Waals surface area contributed by atoms with Gasteiger partial charge in [-0.3, -0.25) is 4.79 Å². The van der Waals surface area contributed by atoms with Crippen LogP contribution >= 0.6 is 0 Å². The molecule has 1 aromatic carbocycles. The number of nitrogens with zero attached hydrogens (tertiary/aromatic N) is 1. The van der Waals surface area contributed by atoms with Crippen molar-refractivity contribution >= 4 is 5.97 Å². The average Bonchev–Trinajstić information content (AvgIpc) is 2.13. The maximum atomic E-state index is 13.0. The van der Waals surface area contributed by atoms with Gasteiger partial charge in [-0.15, -0.1) is 0 Å². The van der Waals surface area contributed by atoms with Crippen LogP contribution in [0.5, 0.6) is 0 Å². The third-order valence-electron chi connectivity index (χ3n) is 1.98. The SMILES string of the molecule is Cc1c(F)ccc(C#N)c1CC(=O)O. The third kappa shape index (κ3) is 1.88. The van der Waals surface area contributed by atoms with E-state index in [0.717, 1.165) is 0 Å². The van der Waals surface area contributed by atoms with Crippen LogP contribution < -0.4 is 0 Å². The molecule has 0 fully saturated rings. The van der Waals surface area contributed by atoms with Gasteiger partial charge in [-0.05, 0) is 30.2 Å². The van der Waals surface area contributed by atoms with Crippen LogP contribution in [0.3, 0.4) is 0 Å². The minimum absolute atomic E-state index is 0.214. The lowest BCUT2D eigenvalue weighted by molar-refractivity contribution is -0.136. The second kappa shape index (κ2) is 3.88. The fourth-order valence-corrected chi connectivity index (χ4v) is 1.21. The zero-order chi connectivity index (χ0) is 10.7. The topological polar surface area (TPSA) is 61.1 Å². The first-order chi connectivity index (χ1) is 6.56. The van der Waals surface area contributed by atoms with E-state index in [1.54, 1.807) is 0 Å². The zero-order valence-corrected chi connectivity index (χ0v) is 7.54. The van der Waals surface area contributed by atoms with Crippen molar-refractivity contribution in [1.82, 2.24) is 0 Å². The Morgan fingerprint density at radius 3 is 2.79 bits per heavy atom. The zero-order valence-electron chi connectivity index (χ0n) is 7.54. The minimum atomic E-state index is -1.07. The summed E-state index contributed by atoms with van der Waals surface area (Å²) in [5.41, 5.74) is 0.692. The summed E-state index contributed by atoms with van der Waals surface area (Å²) in [5.74, 6) is -1.56. The highest BCUT2D eigenvalue weighted by Gasteiger charge is 2.12. The minimum Gasteiger partial charge on any atom is -0.481 e. The first-order valence-electron chi connectivity index (χ1n) is 3.96. The van der Waals surface area contributed by atoms with Crippen molar-refractivity contribution in [2.75, 3.05) is 0 Å². The van der Waals surface area contributed by atoms with E-state index in [4.69, 9.17) is 10.4 Å². The fourth-order valence-electron chi connectivity index (χ4n) is 1.21. The van der Waals surface area contributed by atoms with Crippen LogP contribution in [0.25, 0.3) is 0 Å². The molecule has 3 nitrogen and oxygen atoms in total. The predicted octanol–water partition coefficient (Wildman–Crippen LogP) is 1.63. The summed E-state index contributed by atoms with van der Waals surface area (Å²) < 4.78 is 13.0. The van der Waals surface area contributed by atoms with Gasteiger partial charge in [0.2, 0.25) is 0 Å². The second-order valence-electron chi connectivity index (χ2n) is 2.88. The Kier molecular flexibility index (Phi) is 2.82. The molecule has 0 amide bonds. The Hall–Kier alpha value is -1.89. The molecule has 0 saturated heterocycles. The normalized spacial score (nSPS) is 9.50. The molecule has 0 saturated carbocycles. The molecule has 1 rings (SSSR count). The molecule has 0 atom stereocenters. The van der Waals surface area contributed by atoms with Crippen LogP contribution in [0.1, 0.15) is 16.7 Å². The Bertz CT molecular complexity index is 421. The summed E-state index contributed by atoms with van der Waals surface area (Å²) in [4.78, 5) is 10.5. The van der Waals surface area contributed by atoms with Gasteiger partial charge in [0.1, 0.15) is 5.82 Å². The predicted molar refractivity (Wildman–Crippen MR) is 47.2 cm³/mol. The highest BCUT2D eigenvalue weighted by Crippen LogP contribution is 2.17. The van der Waals surface area contributed by atoms with Gasteiger partial charge < -0.3 is 5.11 Å². The Morgan fingerprint density at radius 1 is 1.64 bits per heavy atom. The van der Waals surface area contributed by atoms with Crippen molar-refractivity contribution in [3.8, 4) is 6.07 Å². The lowest BCUT2D eigenvalue weighted by Crippen LogP contribution is -2.05. The highest BCUT2D eigenvalue weighted by atomic mass is 19.1. The molecule has 4 heteroatoms. The van der Waals surface area contributed by atoms with Crippen molar-refractivity contribution in [2.24, 2.45) is 0 Å². The van der Waals surface area contributed by atoms with Gasteiger partial charge >= 0.3 is 5.97 Å². The molecule has 14 heavy (non-hydrogen) atoms. The molecule has 0 heterocycles. The Balaban J connectivity index is 3.29. The van der Waals surface area contributed by atoms with Gasteiger partial charge in [0.05, 0.1) is 18.1 Å². The van der Waals surface area contributed by atoms with Crippen molar-refractivity contribution < 1.29 is 14.3 Å². The van der Waals surface area contributed by atoms with E-state index in [-0.39, 0.29) is 23.1 Å². The largest absolute Gasteiger partial charge is 0.481 e. The first-order valence-corrected chi connectivity index (χ1v) is 3.96. The van der Waals surface area contributed by atoms with Gasteiger partial charge in [-0.25, -0.2) is 4.39 Å². The van der Waals surface area contributed by atoms with Crippen LogP contribution in [-0.2, 0) is 11.2 Å². The van der Waals surface area contributed by atoms with Crippen molar-refractivity contribution in [1.29, 1.82) is 5.26 Å². The molecular weight excluding hydrogens is 185 g/mol. The third-order valence-corrected chi connectivity index (χ3v) is 1.98. The molecule has 72 valence electrons. The summed E-state index contributed by atoms with van der Waals surface area (Å²) in [6.45, 7) is 1.47. The van der Waals surface area contributed by atoms with Gasteiger partial charge in [0.25, 0.3) is 0 Å². The standard InChI is InChI=1S/C10H8FNO2/c1-6-8(4-10(13)14)7(5-12)2-3-9(6)11/h2-3H,4H2,1H3,(H,13,14). The van der Waals surface area contributed by atoms with Gasteiger partial charge in [-0.2, -0.15) is 5.26 Å². The molecule has 1 N–H and O–H groups in total. The van der Waals surface area contributed by atoms with Crippen LogP contribution in [0.2, 0.25) is 0 Å². The summed E-state index contributed by atoms with van der Waals surface area (Å²) in [7, 11) is 0. The van der Waals surface area contributed by atoms with E-state index in [1.165, 1.54) is 19.1 Å². The maximum Gasteiger partial charge on any atom is 0.307 e. The van der Waals surface area contributed by atoms with E-state index in [0.29, 0.717) is 0 Å². The second-order valence-corrected chi connectivity index (χ2v) is 2.88. The number of carboxylic acid groups (broad SMARTS) is 1. The highest BCUT2D eigenvalue weighted by molar-refractivity contribution is 5.72. The number of carboxylic acids is 1. The van der Waals surface area contributed by atoms with Gasteiger partial charge in [-0.1, -0.05) is 0 Å². The van der Waals surface area contributed by atoms with E-state index in [9.17, 15) is 9.18 Å². The Labute approximate surface area is 80.4 Å². The van der Waals surface area contributed by atoms with E-state index in [2.05, 4.69) is 0 Å². The molecule has 1 aromatic rings. The molecule has 0 radical (unpaired) electrons. The number of nitriles is 1. The van der Waals surface area contributed by atoms with Crippen molar-refractivity contribution in [3.63, 3.8) is 0 Å². The fraction of sp³-hybridized carbons (Fsp3) is 0.200. The number of rotatable bonds is 2. The quantitative estimate of drug-likeness (QED) is 0.776. The molecular formula is C10H8FNO2. The molecule has 0 aliphatic heterocycles. The van der Waals surface area contributed by atoms with Crippen molar-refractivity contribution in [2.45, 2.75) is 13.3 Å². The average molecular weight is 193 g/mol. The molecule has 0 aliphatic carbocycles. The van der Waals surface area contributed by atoms with E-state index in [1.807, 2.05) is 6.07 Å². The maximum absolute atomic E-state index is 13.0. The van der Waals surface area contributed by atoms with Gasteiger partial charge in [0.15, 0.2) is 0 Å². The summed E-state index contributed by atoms with van der Waals surface area (Å²) >= 11 is 0. The first kappa shape index (κ1) is 10.2. The molecule has 0 unspecified atom stereocenters. The summed E-state index contributed by atoms with van der Waals surface area (Å²) in [6, 6.07) is 4.30. The summed E-state index contributed by atoms with van der Waals surface area (Å²) in [5, 5.41) is 17.3. The van der Waals surface area contributed by atoms with Crippen LogP contribution in [0.15, 0.2) is 12.1 Å². The lowest BCUT2D eigenvalue weighted by atomic mass is 9.99. The molecule has 0 aliphatic rings. The number of hydrogen-bond donors (Lipinski definition) is 1. The number of halogens is 1. The van der Waals surface area contributed by atoms with Crippen LogP contribution in [0, 0.1) is 24.1 Å². The monoisotopic (exact) mass is 193 g/mol. The number of carbonyl (C=O) groups is 1. The van der Waals surface area contributed by atoms with Crippen LogP contribution in [0.4, 0.5) is 4.39 Å². The van der Waals surface area contributed by atoms with Crippen molar-refractivity contribution in [3.05, 3.63) is 34.6 Å². The molecule has 0 spiro atoms. The number of hydrogen-bond acceptors (Lipinski definition) is 2. The molecule has 0 aromatic heterocycles. The van der Waals surface area contributed by atoms with E-state index < -0.39 is 11.8 Å². The number of aliphatic carboxylic acids is 1. The van der Waals surface area contributed by atoms with Crippen LogP contribution in [-0.4, -0.2) is 11.1 Å². The van der Waals surface area contributed by atoms with E-state index >= 15 is 0 Å². The van der Waals surface area contributed by atoms with Gasteiger partial charge in [0, 0.05) is 0 Å². The number of benzene rings is 1. The smallest absolute Gasteiger partial charge is 0.307 e.